The Labute approximate surface area is 444 Å². The predicted octanol–water partition coefficient (Wildman–Crippen LogP) is 8.63. The number of ether oxygens (including phenoxy) is 2. The maximum atomic E-state index is 16.6. The lowest BCUT2D eigenvalue weighted by Gasteiger charge is -2.41. The van der Waals surface area contributed by atoms with E-state index in [9.17, 15) is 28.0 Å². The second-order valence-corrected chi connectivity index (χ2v) is 21.8. The molecule has 4 unspecified atom stereocenters. The molecule has 1 saturated carbocycles. The average Bonchev–Trinajstić information content (AvgIpc) is 4.03. The summed E-state index contributed by atoms with van der Waals surface area (Å²) in [7, 11) is 1.61. The first-order valence-corrected chi connectivity index (χ1v) is 27.0. The molecule has 3 aromatic carbocycles. The summed E-state index contributed by atoms with van der Waals surface area (Å²) in [5.41, 5.74) is 5.95. The summed E-state index contributed by atoms with van der Waals surface area (Å²) in [6.45, 7) is 6.84. The molecule has 0 aromatic heterocycles. The molecule has 0 bridgehead atoms. The Bertz CT molecular complexity index is 2880. The van der Waals surface area contributed by atoms with Crippen LogP contribution in [0, 0.1) is 36.3 Å². The molecule has 4 atom stereocenters. The Morgan fingerprint density at radius 2 is 1.66 bits per heavy atom. The van der Waals surface area contributed by atoms with Crippen LogP contribution in [0.5, 0.6) is 11.5 Å². The van der Waals surface area contributed by atoms with Crippen LogP contribution in [0.15, 0.2) is 76.7 Å². The zero-order valence-electron chi connectivity index (χ0n) is 43.6. The van der Waals surface area contributed by atoms with Crippen molar-refractivity contribution in [2.75, 3.05) is 59.5 Å². The first kappa shape index (κ1) is 54.0. The molecular weight excluding hydrogens is 1010 g/mol. The summed E-state index contributed by atoms with van der Waals surface area (Å²) < 4.78 is 103. The third-order valence-electron chi connectivity index (χ3n) is 17.3. The van der Waals surface area contributed by atoms with Gasteiger partial charge in [0, 0.05) is 98.8 Å². The molecule has 77 heavy (non-hydrogen) atoms. The van der Waals surface area contributed by atoms with Gasteiger partial charge in [0.05, 0.1) is 12.2 Å². The third kappa shape index (κ3) is 10.4. The molecule has 7 aliphatic rings. The van der Waals surface area contributed by atoms with Crippen LogP contribution < -0.4 is 25.8 Å². The highest BCUT2D eigenvalue weighted by atomic mass is 19.3. The highest BCUT2D eigenvalue weighted by Crippen LogP contribution is 2.56. The Kier molecular flexibility index (Phi) is 15.5. The van der Waals surface area contributed by atoms with E-state index in [2.05, 4.69) is 20.6 Å². The number of urea groups is 1. The number of hydrazone groups is 1. The van der Waals surface area contributed by atoms with E-state index < -0.39 is 78.5 Å². The Hall–Kier alpha value is -6.41. The fraction of sp³-hybridized carbons (Fsp3) is 0.526. The van der Waals surface area contributed by atoms with Gasteiger partial charge in [-0.3, -0.25) is 29.6 Å². The molecule has 3 saturated heterocycles. The number of hydrogen-bond acceptors (Lipinski definition) is 10. The first-order chi connectivity index (χ1) is 36.9. The van der Waals surface area contributed by atoms with Gasteiger partial charge in [0.1, 0.15) is 23.4 Å². The monoisotopic (exact) mass is 1070 g/mol. The molecule has 4 N–H and O–H groups in total. The molecule has 4 fully saturated rings. The molecule has 412 valence electrons. The summed E-state index contributed by atoms with van der Waals surface area (Å²) in [5, 5.41) is 11.8. The van der Waals surface area contributed by atoms with Gasteiger partial charge in [-0.2, -0.15) is 5.10 Å². The van der Waals surface area contributed by atoms with Gasteiger partial charge in [-0.25, -0.2) is 31.1 Å². The lowest BCUT2D eigenvalue weighted by atomic mass is 9.76. The number of halogens is 6. The molecule has 3 aromatic rings. The number of hydrogen-bond donors (Lipinski definition) is 3. The fourth-order valence-corrected chi connectivity index (χ4v) is 13.0. The highest BCUT2D eigenvalue weighted by Gasteiger charge is 2.51. The smallest absolute Gasteiger partial charge is 0.329 e. The molecular formula is C57H66F6N8O6. The van der Waals surface area contributed by atoms with Crippen LogP contribution in [0.3, 0.4) is 0 Å². The van der Waals surface area contributed by atoms with Gasteiger partial charge in [-0.05, 0) is 118 Å². The lowest BCUT2D eigenvalue weighted by molar-refractivity contribution is -0.138. The number of nitrogens with two attached hydrogens (primary N) is 1. The van der Waals surface area contributed by atoms with Crippen molar-refractivity contribution in [3.05, 3.63) is 105 Å². The van der Waals surface area contributed by atoms with Crippen LogP contribution in [-0.4, -0.2) is 133 Å². The number of allylic oxidation sites excluding steroid dienone is 2. The number of amides is 5. The quantitative estimate of drug-likeness (QED) is 0.134. The molecule has 20 heteroatoms. The van der Waals surface area contributed by atoms with Gasteiger partial charge in [-0.15, -0.1) is 0 Å². The Morgan fingerprint density at radius 3 is 2.34 bits per heavy atom. The van der Waals surface area contributed by atoms with Gasteiger partial charge in [-0.1, -0.05) is 37.3 Å². The van der Waals surface area contributed by atoms with Gasteiger partial charge >= 0.3 is 6.03 Å². The number of alkyl halides is 3. The molecule has 5 heterocycles. The standard InChI is InChI=1S/C57H66F6N8O6/c1-31-40(58)28-43-47(46(31)49-38(53(64)73)13-14-42(50(49)62)76-26-20-44(60)61)32(2)57(77-43,36-7-5-4-6-8-36)30-65-37-11-9-35(10-12-37)55(74)70-23-15-33(16-24-70)29-69-21-17-34(18-22-69)48-41(59)27-39-52(51(48)63)68(3)67-54(39)71-25-19-45(72)66-56(71)75/h4-8,13-14,27-28,32-35,37,44,51-52,65H,9-12,15-26,29-30H2,1-3H3,(H2,64,73)(H,66,72,75). The molecule has 2 aliphatic carbocycles. The van der Waals surface area contributed by atoms with Gasteiger partial charge in [0.2, 0.25) is 24.1 Å². The van der Waals surface area contributed by atoms with Gasteiger partial charge in [0.15, 0.2) is 29.2 Å². The number of primary amides is 1. The summed E-state index contributed by atoms with van der Waals surface area (Å²) >= 11 is 0. The van der Waals surface area contributed by atoms with Crippen molar-refractivity contribution in [2.45, 2.75) is 114 Å². The maximum absolute atomic E-state index is 16.6. The topological polar surface area (TPSA) is 162 Å². The molecule has 0 radical (unpaired) electrons. The molecule has 5 aliphatic heterocycles. The number of rotatable bonds is 14. The molecule has 10 rings (SSSR count). The Balaban J connectivity index is 0.733. The van der Waals surface area contributed by atoms with Crippen LogP contribution in [0.1, 0.15) is 104 Å². The maximum Gasteiger partial charge on any atom is 0.329 e. The average molecular weight is 1070 g/mol. The highest BCUT2D eigenvalue weighted by molar-refractivity contribution is 6.13. The lowest BCUT2D eigenvalue weighted by Crippen LogP contribution is -2.52. The van der Waals surface area contributed by atoms with E-state index in [0.717, 1.165) is 43.9 Å². The van der Waals surface area contributed by atoms with Crippen molar-refractivity contribution in [1.29, 1.82) is 0 Å². The predicted molar refractivity (Wildman–Crippen MR) is 276 cm³/mol. The van der Waals surface area contributed by atoms with E-state index in [0.29, 0.717) is 68.9 Å². The molecule has 14 nitrogen and oxygen atoms in total. The largest absolute Gasteiger partial charge is 0.490 e. The van der Waals surface area contributed by atoms with Crippen molar-refractivity contribution in [2.24, 2.45) is 28.6 Å². The number of likely N-dealkylation sites (N-methyl/N-ethyl adjacent to an activating group) is 1. The van der Waals surface area contributed by atoms with Gasteiger partial charge < -0.3 is 30.3 Å². The number of imide groups is 1. The number of carbonyl (C=O) groups is 4. The second-order valence-electron chi connectivity index (χ2n) is 21.8. The Morgan fingerprint density at radius 1 is 0.948 bits per heavy atom. The van der Waals surface area contributed by atoms with Crippen LogP contribution >= 0.6 is 0 Å². The molecule has 5 amide bonds. The van der Waals surface area contributed by atoms with Crippen LogP contribution in [0.25, 0.3) is 11.1 Å². The minimum absolute atomic E-state index is 0.0256. The summed E-state index contributed by atoms with van der Waals surface area (Å²) in [4.78, 5) is 56.8. The van der Waals surface area contributed by atoms with Crippen LogP contribution in [0.4, 0.5) is 31.1 Å². The van der Waals surface area contributed by atoms with E-state index in [1.807, 2.05) is 42.2 Å². The number of nitrogens with zero attached hydrogens (tertiary/aromatic N) is 5. The second kappa shape index (κ2) is 22.1. The number of nitrogens with one attached hydrogen (secondary N) is 2. The minimum atomic E-state index is -2.68. The number of piperidine rings is 2. The van der Waals surface area contributed by atoms with E-state index in [-0.39, 0.29) is 88.5 Å². The fourth-order valence-electron chi connectivity index (χ4n) is 13.0. The zero-order chi connectivity index (χ0) is 54.4. The summed E-state index contributed by atoms with van der Waals surface area (Å²) in [6.07, 6.45) is 2.21. The van der Waals surface area contributed by atoms with Crippen molar-refractivity contribution in [1.82, 2.24) is 30.3 Å². The number of benzene rings is 3. The van der Waals surface area contributed by atoms with Gasteiger partial charge in [0.25, 0.3) is 0 Å². The number of fused-ring (bicyclic) bond motifs is 2. The van der Waals surface area contributed by atoms with E-state index >= 15 is 17.6 Å². The summed E-state index contributed by atoms with van der Waals surface area (Å²) in [5.74, 6) is -4.16. The number of amidine groups is 1. The number of likely N-dealkylation sites (tertiary alicyclic amines) is 2. The normalized spacial score (nSPS) is 26.4. The molecule has 0 spiro atoms. The van der Waals surface area contributed by atoms with Crippen molar-refractivity contribution < 1.29 is 55.0 Å². The summed E-state index contributed by atoms with van der Waals surface area (Å²) in [6, 6.07) is 11.6. The van der Waals surface area contributed by atoms with Crippen molar-refractivity contribution in [3.8, 4) is 22.6 Å². The first-order valence-electron chi connectivity index (χ1n) is 27.0. The van der Waals surface area contributed by atoms with Crippen molar-refractivity contribution in [3.63, 3.8) is 0 Å². The van der Waals surface area contributed by atoms with E-state index in [1.54, 1.807) is 7.05 Å². The van der Waals surface area contributed by atoms with E-state index in [4.69, 9.17) is 15.2 Å². The number of carbonyl (C=O) groups excluding carboxylic acids is 4. The third-order valence-corrected chi connectivity index (χ3v) is 17.3. The SMILES string of the molecule is Cc1c(F)cc2c(c1-c1c(C(N)=O)ccc(OCCC(F)F)c1F)C(C)C(CNC1CCC(C(=O)N3CCC(CN4CCC(C5=C(F)C=C6C(N7CCC(=O)NC7=O)=NN(C)C6C5F)CC4)CC3)CC1)(c1ccccc1)O2. The van der Waals surface area contributed by atoms with Crippen LogP contribution in [-0.2, 0) is 15.2 Å². The van der Waals surface area contributed by atoms with E-state index in [1.165, 1.54) is 35.0 Å². The zero-order valence-corrected chi connectivity index (χ0v) is 43.6. The van der Waals surface area contributed by atoms with Crippen LogP contribution in [0.2, 0.25) is 0 Å². The minimum Gasteiger partial charge on any atom is -0.490 e. The van der Waals surface area contributed by atoms with Crippen molar-refractivity contribution >= 4 is 29.6 Å².